The third kappa shape index (κ3) is 3.60. The molecule has 0 unspecified atom stereocenters. The Hall–Kier alpha value is -2.74. The zero-order valence-electron chi connectivity index (χ0n) is 13.0. The van der Waals surface area contributed by atoms with Crippen molar-refractivity contribution in [3.63, 3.8) is 0 Å². The van der Waals surface area contributed by atoms with Crippen LogP contribution in [0, 0.1) is 5.92 Å². The van der Waals surface area contributed by atoms with Crippen molar-refractivity contribution < 1.29 is 19.4 Å². The van der Waals surface area contributed by atoms with E-state index in [2.05, 4.69) is 15.4 Å². The molecule has 1 saturated heterocycles. The lowest BCUT2D eigenvalue weighted by Crippen LogP contribution is -2.48. The second-order valence-electron chi connectivity index (χ2n) is 5.66. The number of carboxylic acids is 1. The Morgan fingerprint density at radius 3 is 2.96 bits per heavy atom. The molecule has 2 atom stereocenters. The molecule has 24 heavy (non-hydrogen) atoms. The van der Waals surface area contributed by atoms with E-state index in [1.54, 1.807) is 24.3 Å². The number of benzene rings is 1. The van der Waals surface area contributed by atoms with Crippen molar-refractivity contribution >= 4 is 11.9 Å². The molecule has 3 rings (SSSR count). The van der Waals surface area contributed by atoms with Crippen molar-refractivity contribution in [3.05, 3.63) is 42.5 Å². The number of ether oxygens (including phenoxy) is 1. The Morgan fingerprint density at radius 2 is 2.29 bits per heavy atom. The molecule has 1 aliphatic rings. The fourth-order valence-electron chi connectivity index (χ4n) is 2.77. The molecule has 8 nitrogen and oxygen atoms in total. The highest BCUT2D eigenvalue weighted by molar-refractivity contribution is 5.97. The molecule has 0 bridgehead atoms. The van der Waals surface area contributed by atoms with Crippen LogP contribution in [-0.2, 0) is 9.53 Å². The first-order valence-electron chi connectivity index (χ1n) is 7.71. The molecule has 2 heterocycles. The van der Waals surface area contributed by atoms with Gasteiger partial charge in [-0.3, -0.25) is 4.79 Å². The van der Waals surface area contributed by atoms with Gasteiger partial charge in [0.05, 0.1) is 12.3 Å². The van der Waals surface area contributed by atoms with E-state index in [9.17, 15) is 14.7 Å². The van der Waals surface area contributed by atoms with Crippen molar-refractivity contribution in [2.45, 2.75) is 18.9 Å². The number of hydrogen-bond donors (Lipinski definition) is 2. The van der Waals surface area contributed by atoms with Gasteiger partial charge >= 0.3 is 5.97 Å². The van der Waals surface area contributed by atoms with Crippen molar-refractivity contribution in [1.82, 2.24) is 20.1 Å². The Kier molecular flexibility index (Phi) is 4.85. The van der Waals surface area contributed by atoms with Crippen molar-refractivity contribution in [3.8, 4) is 5.69 Å². The summed E-state index contributed by atoms with van der Waals surface area (Å²) in [4.78, 5) is 27.9. The molecule has 8 heteroatoms. The number of carbonyl (C=O) groups excluding carboxylic acids is 1. The molecule has 1 aromatic carbocycles. The number of nitrogens with one attached hydrogen (secondary N) is 1. The first-order valence-corrected chi connectivity index (χ1v) is 7.71. The van der Waals surface area contributed by atoms with Crippen LogP contribution in [0.1, 0.15) is 23.2 Å². The highest BCUT2D eigenvalue weighted by atomic mass is 16.5. The van der Waals surface area contributed by atoms with E-state index in [0.29, 0.717) is 24.5 Å². The number of aliphatic carboxylic acids is 1. The smallest absolute Gasteiger partial charge is 0.326 e. The predicted octanol–water partition coefficient (Wildman–Crippen LogP) is 0.877. The van der Waals surface area contributed by atoms with Gasteiger partial charge in [0.25, 0.3) is 5.91 Å². The molecule has 1 aromatic heterocycles. The molecule has 1 amide bonds. The van der Waals surface area contributed by atoms with E-state index in [4.69, 9.17) is 4.74 Å². The van der Waals surface area contributed by atoms with Crippen LogP contribution in [0.3, 0.4) is 0 Å². The monoisotopic (exact) mass is 330 g/mol. The quantitative estimate of drug-likeness (QED) is 0.843. The first kappa shape index (κ1) is 16.1. The Morgan fingerprint density at radius 1 is 1.42 bits per heavy atom. The van der Waals surface area contributed by atoms with Crippen molar-refractivity contribution in [2.75, 3.05) is 13.2 Å². The average molecular weight is 330 g/mol. The van der Waals surface area contributed by atoms with E-state index in [-0.39, 0.29) is 5.92 Å². The molecule has 2 aromatic rings. The van der Waals surface area contributed by atoms with E-state index < -0.39 is 17.9 Å². The van der Waals surface area contributed by atoms with E-state index >= 15 is 0 Å². The maximum Gasteiger partial charge on any atom is 0.326 e. The minimum Gasteiger partial charge on any atom is -0.480 e. The predicted molar refractivity (Wildman–Crippen MR) is 83.8 cm³/mol. The highest BCUT2D eigenvalue weighted by Crippen LogP contribution is 2.18. The number of carboxylic acid groups (broad SMARTS) is 1. The number of rotatable bonds is 5. The lowest BCUT2D eigenvalue weighted by Gasteiger charge is -2.28. The van der Waals surface area contributed by atoms with E-state index in [0.717, 1.165) is 12.8 Å². The van der Waals surface area contributed by atoms with Gasteiger partial charge in [-0.25, -0.2) is 14.5 Å². The summed E-state index contributed by atoms with van der Waals surface area (Å²) in [6.07, 6.45) is 4.44. The normalized spacial score (nSPS) is 18.8. The lowest BCUT2D eigenvalue weighted by molar-refractivity contribution is -0.142. The van der Waals surface area contributed by atoms with Gasteiger partial charge in [0.1, 0.15) is 18.7 Å². The molecule has 0 radical (unpaired) electrons. The van der Waals surface area contributed by atoms with E-state index in [1.165, 1.54) is 17.3 Å². The topological polar surface area (TPSA) is 106 Å². The average Bonchev–Trinajstić information content (AvgIpc) is 3.15. The molecule has 1 aliphatic heterocycles. The second kappa shape index (κ2) is 7.22. The summed E-state index contributed by atoms with van der Waals surface area (Å²) in [7, 11) is 0. The van der Waals surface area contributed by atoms with Gasteiger partial charge < -0.3 is 15.2 Å². The lowest BCUT2D eigenvalue weighted by atomic mass is 9.93. The van der Waals surface area contributed by atoms with Crippen LogP contribution < -0.4 is 5.32 Å². The zero-order valence-corrected chi connectivity index (χ0v) is 13.0. The van der Waals surface area contributed by atoms with Crippen LogP contribution in [0.25, 0.3) is 5.69 Å². The van der Waals surface area contributed by atoms with Crippen molar-refractivity contribution in [1.29, 1.82) is 0 Å². The number of amides is 1. The van der Waals surface area contributed by atoms with E-state index in [1.807, 2.05) is 0 Å². The maximum absolute atomic E-state index is 12.5. The van der Waals surface area contributed by atoms with Crippen LogP contribution in [0.5, 0.6) is 0 Å². The van der Waals surface area contributed by atoms with Gasteiger partial charge in [0.15, 0.2) is 0 Å². The number of nitrogens with zero attached hydrogens (tertiary/aromatic N) is 3. The summed E-state index contributed by atoms with van der Waals surface area (Å²) >= 11 is 0. The third-order valence-corrected chi connectivity index (χ3v) is 4.01. The maximum atomic E-state index is 12.5. The van der Waals surface area contributed by atoms with Crippen LogP contribution in [0.15, 0.2) is 36.9 Å². The number of hydrogen-bond acceptors (Lipinski definition) is 5. The van der Waals surface area contributed by atoms with Gasteiger partial charge in [-0.05, 0) is 31.0 Å². The Labute approximate surface area is 138 Å². The largest absolute Gasteiger partial charge is 0.480 e. The molecule has 126 valence electrons. The van der Waals surface area contributed by atoms with Gasteiger partial charge in [-0.1, -0.05) is 6.07 Å². The molecular weight excluding hydrogens is 312 g/mol. The van der Waals surface area contributed by atoms with Gasteiger partial charge in [-0.15, -0.1) is 0 Å². The van der Waals surface area contributed by atoms with Gasteiger partial charge in [-0.2, -0.15) is 5.10 Å². The molecule has 0 aliphatic carbocycles. The Bertz CT molecular complexity index is 711. The summed E-state index contributed by atoms with van der Waals surface area (Å²) in [5.41, 5.74) is 1.04. The minimum atomic E-state index is -1.05. The Balaban J connectivity index is 1.75. The van der Waals surface area contributed by atoms with Crippen LogP contribution in [0.4, 0.5) is 0 Å². The van der Waals surface area contributed by atoms with Crippen LogP contribution in [0.2, 0.25) is 0 Å². The zero-order chi connectivity index (χ0) is 16.9. The van der Waals surface area contributed by atoms with Gasteiger partial charge in [0, 0.05) is 18.1 Å². The second-order valence-corrected chi connectivity index (χ2v) is 5.66. The summed E-state index contributed by atoms with van der Waals surface area (Å²) < 4.78 is 6.86. The summed E-state index contributed by atoms with van der Waals surface area (Å²) in [5.74, 6) is -1.71. The van der Waals surface area contributed by atoms with Crippen molar-refractivity contribution in [2.24, 2.45) is 5.92 Å². The van der Waals surface area contributed by atoms with Crippen LogP contribution >= 0.6 is 0 Å². The van der Waals surface area contributed by atoms with Gasteiger partial charge in [0.2, 0.25) is 0 Å². The number of carbonyl (C=O) groups is 2. The minimum absolute atomic E-state index is 0.223. The molecule has 0 saturated carbocycles. The standard InChI is InChI=1S/C16H18N4O4/c21-15(19-14(16(22)23)12-4-2-6-24-8-12)11-3-1-5-13(7-11)20-10-17-9-18-20/h1,3,5,7,9-10,12,14H,2,4,6,8H2,(H,19,21)(H,22,23)/t12-,14+/m1/s1. The summed E-state index contributed by atoms with van der Waals surface area (Å²) in [6, 6.07) is 5.81. The first-order chi connectivity index (χ1) is 11.6. The summed E-state index contributed by atoms with van der Waals surface area (Å²) in [5, 5.41) is 16.1. The van der Waals surface area contributed by atoms with Crippen LogP contribution in [-0.4, -0.2) is 51.0 Å². The molecule has 2 N–H and O–H groups in total. The fraction of sp³-hybridized carbons (Fsp3) is 0.375. The number of aromatic nitrogens is 3. The SMILES string of the molecule is O=C(N[C@H](C(=O)O)[C@@H]1CCCOC1)c1cccc(-n2cncn2)c1. The summed E-state index contributed by atoms with van der Waals surface area (Å²) in [6.45, 7) is 0.979. The fourth-order valence-corrected chi connectivity index (χ4v) is 2.77. The highest BCUT2D eigenvalue weighted by Gasteiger charge is 2.31. The molecule has 0 spiro atoms. The molecule has 1 fully saturated rings. The molecular formula is C16H18N4O4. The third-order valence-electron chi connectivity index (χ3n) is 4.01.